The third kappa shape index (κ3) is 5.17. The Morgan fingerprint density at radius 2 is 1.85 bits per heavy atom. The van der Waals surface area contributed by atoms with E-state index in [1.165, 1.54) is 18.0 Å². The lowest BCUT2D eigenvalue weighted by Crippen LogP contribution is -2.20. The molecule has 0 fully saturated rings. The molecule has 0 aliphatic rings. The van der Waals surface area contributed by atoms with Gasteiger partial charge in [0, 0.05) is 11.2 Å². The summed E-state index contributed by atoms with van der Waals surface area (Å²) in [6.07, 6.45) is 2.79. The highest BCUT2D eigenvalue weighted by Crippen LogP contribution is 2.28. The van der Waals surface area contributed by atoms with Crippen LogP contribution < -0.4 is 0 Å². The molecule has 0 aromatic heterocycles. The highest BCUT2D eigenvalue weighted by atomic mass is 32.2. The summed E-state index contributed by atoms with van der Waals surface area (Å²) in [5.74, 6) is -0.216. The number of sulfone groups is 1. The Labute approximate surface area is 124 Å². The number of esters is 1. The molecule has 0 N–H and O–H groups in total. The molecule has 1 atom stereocenters. The monoisotopic (exact) mass is 316 g/mol. The molecular formula is C14H20O4S2. The van der Waals surface area contributed by atoms with Crippen molar-refractivity contribution in [1.29, 1.82) is 0 Å². The molecule has 0 saturated carbocycles. The Morgan fingerprint density at radius 3 is 2.30 bits per heavy atom. The minimum absolute atomic E-state index is 0.216. The molecule has 20 heavy (non-hydrogen) atoms. The lowest BCUT2D eigenvalue weighted by molar-refractivity contribution is -0.142. The summed E-state index contributed by atoms with van der Waals surface area (Å²) in [6.45, 7) is 4.17. The maximum absolute atomic E-state index is 11.8. The minimum Gasteiger partial charge on any atom is -0.465 e. The van der Waals surface area contributed by atoms with Crippen LogP contribution in [0, 0.1) is 0 Å². The third-order valence-corrected chi connectivity index (χ3v) is 5.02. The predicted octanol–water partition coefficient (Wildman–Crippen LogP) is 2.91. The van der Waals surface area contributed by atoms with Crippen molar-refractivity contribution in [2.45, 2.75) is 41.7 Å². The van der Waals surface area contributed by atoms with Gasteiger partial charge in [-0.1, -0.05) is 13.3 Å². The summed E-state index contributed by atoms with van der Waals surface area (Å²) in [7, 11) is -3.18. The summed E-state index contributed by atoms with van der Waals surface area (Å²) < 4.78 is 27.8. The number of thioether (sulfide) groups is 1. The van der Waals surface area contributed by atoms with Crippen LogP contribution in [-0.4, -0.2) is 32.5 Å². The first kappa shape index (κ1) is 17.0. The van der Waals surface area contributed by atoms with Gasteiger partial charge < -0.3 is 4.74 Å². The summed E-state index contributed by atoms with van der Waals surface area (Å²) >= 11 is 1.41. The lowest BCUT2D eigenvalue weighted by Gasteiger charge is -2.14. The normalized spacial score (nSPS) is 12.9. The Bertz CT molecular complexity index is 535. The molecule has 112 valence electrons. The lowest BCUT2D eigenvalue weighted by atomic mass is 10.2. The molecule has 1 aromatic carbocycles. The highest BCUT2D eigenvalue weighted by molar-refractivity contribution is 8.00. The molecule has 1 aromatic rings. The smallest absolute Gasteiger partial charge is 0.319 e. The molecule has 1 rings (SSSR count). The second kappa shape index (κ2) is 7.69. The van der Waals surface area contributed by atoms with Crippen molar-refractivity contribution in [2.75, 3.05) is 12.9 Å². The molecule has 0 aliphatic carbocycles. The van der Waals surface area contributed by atoms with E-state index >= 15 is 0 Å². The Balaban J connectivity index is 2.81. The van der Waals surface area contributed by atoms with E-state index < -0.39 is 9.84 Å². The van der Waals surface area contributed by atoms with E-state index in [1.54, 1.807) is 31.2 Å². The van der Waals surface area contributed by atoms with Crippen LogP contribution in [-0.2, 0) is 19.4 Å². The Kier molecular flexibility index (Phi) is 6.55. The third-order valence-electron chi connectivity index (χ3n) is 2.63. The van der Waals surface area contributed by atoms with Gasteiger partial charge in [0.2, 0.25) is 0 Å². The number of rotatable bonds is 7. The summed E-state index contributed by atoms with van der Waals surface area (Å²) in [5, 5.41) is -0.246. The second-order valence-corrected chi connectivity index (χ2v) is 7.68. The van der Waals surface area contributed by atoms with Gasteiger partial charge in [-0.2, -0.15) is 0 Å². The van der Waals surface area contributed by atoms with E-state index in [0.29, 0.717) is 6.61 Å². The van der Waals surface area contributed by atoms with Gasteiger partial charge in [-0.05, 0) is 37.6 Å². The molecule has 1 unspecified atom stereocenters. The van der Waals surface area contributed by atoms with Gasteiger partial charge in [0.15, 0.2) is 9.84 Å². The zero-order chi connectivity index (χ0) is 15.2. The average Bonchev–Trinajstić information content (AvgIpc) is 2.38. The van der Waals surface area contributed by atoms with Crippen LogP contribution in [0.1, 0.15) is 26.7 Å². The average molecular weight is 316 g/mol. The van der Waals surface area contributed by atoms with E-state index in [0.717, 1.165) is 17.7 Å². The van der Waals surface area contributed by atoms with Crippen molar-refractivity contribution < 1.29 is 17.9 Å². The maximum atomic E-state index is 11.8. The number of benzene rings is 1. The van der Waals surface area contributed by atoms with Crippen LogP contribution >= 0.6 is 11.8 Å². The summed E-state index contributed by atoms with van der Waals surface area (Å²) in [5.41, 5.74) is 0. The van der Waals surface area contributed by atoms with E-state index in [2.05, 4.69) is 0 Å². The zero-order valence-electron chi connectivity index (χ0n) is 12.0. The molecule has 0 bridgehead atoms. The standard InChI is InChI=1S/C14H20O4S2/c1-4-6-13(14(15)18-5-2)19-11-7-9-12(10-8-11)20(3,16)17/h7-10,13H,4-6H2,1-3H3. The molecular weight excluding hydrogens is 296 g/mol. The van der Waals surface area contributed by atoms with E-state index in [-0.39, 0.29) is 16.1 Å². The van der Waals surface area contributed by atoms with Gasteiger partial charge in [-0.3, -0.25) is 4.79 Å². The molecule has 0 radical (unpaired) electrons. The predicted molar refractivity (Wildman–Crippen MR) is 80.7 cm³/mol. The van der Waals surface area contributed by atoms with E-state index in [4.69, 9.17) is 4.74 Å². The van der Waals surface area contributed by atoms with Gasteiger partial charge in [0.1, 0.15) is 5.25 Å². The first-order valence-electron chi connectivity index (χ1n) is 6.51. The number of ether oxygens (including phenoxy) is 1. The summed E-state index contributed by atoms with van der Waals surface area (Å²) in [4.78, 5) is 13.0. The first-order valence-corrected chi connectivity index (χ1v) is 9.29. The fraction of sp³-hybridized carbons (Fsp3) is 0.500. The summed E-state index contributed by atoms with van der Waals surface area (Å²) in [6, 6.07) is 6.57. The molecule has 0 heterocycles. The van der Waals surface area contributed by atoms with Crippen LogP contribution in [0.15, 0.2) is 34.1 Å². The van der Waals surface area contributed by atoms with Crippen LogP contribution in [0.25, 0.3) is 0 Å². The van der Waals surface area contributed by atoms with Gasteiger partial charge in [-0.15, -0.1) is 11.8 Å². The fourth-order valence-electron chi connectivity index (χ4n) is 1.65. The number of carbonyl (C=O) groups is 1. The second-order valence-electron chi connectivity index (χ2n) is 4.39. The molecule has 0 aliphatic heterocycles. The van der Waals surface area contributed by atoms with Crippen LogP contribution in [0.4, 0.5) is 0 Å². The van der Waals surface area contributed by atoms with Crippen molar-refractivity contribution in [1.82, 2.24) is 0 Å². The van der Waals surface area contributed by atoms with Crippen molar-refractivity contribution >= 4 is 27.6 Å². The van der Waals surface area contributed by atoms with Crippen molar-refractivity contribution in [3.05, 3.63) is 24.3 Å². The van der Waals surface area contributed by atoms with Crippen LogP contribution in [0.5, 0.6) is 0 Å². The Morgan fingerprint density at radius 1 is 1.25 bits per heavy atom. The number of hydrogen-bond donors (Lipinski definition) is 0. The van der Waals surface area contributed by atoms with Gasteiger partial charge >= 0.3 is 5.97 Å². The van der Waals surface area contributed by atoms with Crippen molar-refractivity contribution in [3.63, 3.8) is 0 Å². The molecule has 0 saturated heterocycles. The zero-order valence-corrected chi connectivity index (χ0v) is 13.6. The number of carbonyl (C=O) groups excluding carboxylic acids is 1. The molecule has 4 nitrogen and oxygen atoms in total. The maximum Gasteiger partial charge on any atom is 0.319 e. The first-order chi connectivity index (χ1) is 9.38. The molecule has 0 spiro atoms. The van der Waals surface area contributed by atoms with E-state index in [1.807, 2.05) is 6.92 Å². The molecule has 6 heteroatoms. The minimum atomic E-state index is -3.18. The highest BCUT2D eigenvalue weighted by Gasteiger charge is 2.20. The van der Waals surface area contributed by atoms with Crippen molar-refractivity contribution in [2.24, 2.45) is 0 Å². The van der Waals surface area contributed by atoms with E-state index in [9.17, 15) is 13.2 Å². The fourth-order valence-corrected chi connectivity index (χ4v) is 3.42. The number of hydrogen-bond acceptors (Lipinski definition) is 5. The SMILES string of the molecule is CCCC(Sc1ccc(S(C)(=O)=O)cc1)C(=O)OCC. The topological polar surface area (TPSA) is 60.4 Å². The van der Waals surface area contributed by atoms with Gasteiger partial charge in [0.25, 0.3) is 0 Å². The molecule has 0 amide bonds. The van der Waals surface area contributed by atoms with Crippen LogP contribution in [0.2, 0.25) is 0 Å². The van der Waals surface area contributed by atoms with Gasteiger partial charge in [-0.25, -0.2) is 8.42 Å². The van der Waals surface area contributed by atoms with Gasteiger partial charge in [0.05, 0.1) is 11.5 Å². The Hall–Kier alpha value is -1.01. The quantitative estimate of drug-likeness (QED) is 0.572. The van der Waals surface area contributed by atoms with Crippen LogP contribution in [0.3, 0.4) is 0 Å². The van der Waals surface area contributed by atoms with Crippen molar-refractivity contribution in [3.8, 4) is 0 Å². The largest absolute Gasteiger partial charge is 0.465 e.